The Morgan fingerprint density at radius 1 is 1.30 bits per heavy atom. The minimum Gasteiger partial charge on any atom is -0.368 e. The number of pyridine rings is 1. The molecule has 1 aromatic rings. The highest BCUT2D eigenvalue weighted by molar-refractivity contribution is 5.89. The predicted octanol–water partition coefficient (Wildman–Crippen LogP) is 0.907. The summed E-state index contributed by atoms with van der Waals surface area (Å²) in [6, 6.07) is 4.09. The zero-order valence-electron chi connectivity index (χ0n) is 13.9. The summed E-state index contributed by atoms with van der Waals surface area (Å²) in [5.41, 5.74) is 2.17. The fourth-order valence-electron chi connectivity index (χ4n) is 3.41. The first kappa shape index (κ1) is 15.8. The number of amides is 2. The number of carbonyl (C=O) groups excluding carboxylic acids is 2. The van der Waals surface area contributed by atoms with E-state index in [1.807, 2.05) is 31.0 Å². The maximum atomic E-state index is 12.6. The Labute approximate surface area is 137 Å². The lowest BCUT2D eigenvalue weighted by Gasteiger charge is -2.37. The highest BCUT2D eigenvalue weighted by Crippen LogP contribution is 2.22. The zero-order chi connectivity index (χ0) is 16.4. The maximum Gasteiger partial charge on any atom is 0.228 e. The van der Waals surface area contributed by atoms with Gasteiger partial charge in [0.25, 0.3) is 0 Å². The van der Waals surface area contributed by atoms with Gasteiger partial charge in [-0.15, -0.1) is 0 Å². The maximum absolute atomic E-state index is 12.6. The van der Waals surface area contributed by atoms with Gasteiger partial charge in [-0.3, -0.25) is 14.6 Å². The van der Waals surface area contributed by atoms with E-state index in [0.717, 1.165) is 37.6 Å². The number of nitrogens with zero attached hydrogens (tertiary/aromatic N) is 4. The van der Waals surface area contributed by atoms with Gasteiger partial charge < -0.3 is 14.7 Å². The third-order valence-electron chi connectivity index (χ3n) is 4.78. The molecule has 23 heavy (non-hydrogen) atoms. The summed E-state index contributed by atoms with van der Waals surface area (Å²) in [5, 5.41) is 0. The average Bonchev–Trinajstić information content (AvgIpc) is 2.95. The molecule has 0 spiro atoms. The first-order valence-corrected chi connectivity index (χ1v) is 8.32. The van der Waals surface area contributed by atoms with Crippen LogP contribution in [0.2, 0.25) is 0 Å². The first-order chi connectivity index (χ1) is 11.1. The molecule has 2 saturated heterocycles. The summed E-state index contributed by atoms with van der Waals surface area (Å²) in [4.78, 5) is 34.6. The Hall–Kier alpha value is -2.11. The highest BCUT2D eigenvalue weighted by atomic mass is 16.2. The van der Waals surface area contributed by atoms with Crippen LogP contribution in [0.3, 0.4) is 0 Å². The summed E-state index contributed by atoms with van der Waals surface area (Å²) in [6.07, 6.45) is 2.20. The number of hydrogen-bond acceptors (Lipinski definition) is 4. The van der Waals surface area contributed by atoms with E-state index in [0.29, 0.717) is 19.5 Å². The monoisotopic (exact) mass is 316 g/mol. The molecule has 3 heterocycles. The Kier molecular flexibility index (Phi) is 4.50. The second-order valence-corrected chi connectivity index (χ2v) is 6.30. The van der Waals surface area contributed by atoms with Gasteiger partial charge in [0, 0.05) is 63.3 Å². The van der Waals surface area contributed by atoms with Crippen LogP contribution >= 0.6 is 0 Å². The molecule has 0 unspecified atom stereocenters. The quantitative estimate of drug-likeness (QED) is 0.832. The largest absolute Gasteiger partial charge is 0.368 e. The van der Waals surface area contributed by atoms with E-state index < -0.39 is 0 Å². The molecular formula is C17H24N4O2. The van der Waals surface area contributed by atoms with Gasteiger partial charge in [0.05, 0.1) is 5.92 Å². The van der Waals surface area contributed by atoms with E-state index in [2.05, 4.69) is 16.0 Å². The number of aryl methyl sites for hydroxylation is 1. The molecule has 0 radical (unpaired) electrons. The molecule has 2 aliphatic heterocycles. The van der Waals surface area contributed by atoms with Crippen molar-refractivity contribution in [3.05, 3.63) is 24.0 Å². The fraction of sp³-hybridized carbons (Fsp3) is 0.588. The predicted molar refractivity (Wildman–Crippen MR) is 88.1 cm³/mol. The second-order valence-electron chi connectivity index (χ2n) is 6.30. The molecule has 0 aromatic carbocycles. The second kappa shape index (κ2) is 6.56. The van der Waals surface area contributed by atoms with Crippen LogP contribution in [0.1, 0.15) is 19.0 Å². The van der Waals surface area contributed by atoms with Gasteiger partial charge in [-0.1, -0.05) is 0 Å². The summed E-state index contributed by atoms with van der Waals surface area (Å²) >= 11 is 0. The fourth-order valence-corrected chi connectivity index (χ4v) is 3.41. The first-order valence-electron chi connectivity index (χ1n) is 8.32. The van der Waals surface area contributed by atoms with Gasteiger partial charge >= 0.3 is 0 Å². The number of hydrogen-bond donors (Lipinski definition) is 0. The van der Waals surface area contributed by atoms with Crippen molar-refractivity contribution < 1.29 is 9.59 Å². The van der Waals surface area contributed by atoms with Crippen LogP contribution in [0.15, 0.2) is 18.3 Å². The number of carbonyl (C=O) groups is 2. The van der Waals surface area contributed by atoms with E-state index in [4.69, 9.17) is 0 Å². The normalized spacial score (nSPS) is 21.9. The number of likely N-dealkylation sites (tertiary alicyclic amines) is 1. The van der Waals surface area contributed by atoms with E-state index in [1.54, 1.807) is 4.90 Å². The van der Waals surface area contributed by atoms with Gasteiger partial charge in [0.15, 0.2) is 0 Å². The van der Waals surface area contributed by atoms with Crippen LogP contribution in [-0.4, -0.2) is 65.9 Å². The Morgan fingerprint density at radius 3 is 2.65 bits per heavy atom. The van der Waals surface area contributed by atoms with Crippen molar-refractivity contribution in [2.24, 2.45) is 5.92 Å². The highest BCUT2D eigenvalue weighted by Gasteiger charge is 2.36. The van der Waals surface area contributed by atoms with Crippen molar-refractivity contribution in [1.29, 1.82) is 0 Å². The summed E-state index contributed by atoms with van der Waals surface area (Å²) in [7, 11) is 0. The molecule has 1 atom stereocenters. The molecule has 3 rings (SSSR count). The van der Waals surface area contributed by atoms with Crippen LogP contribution in [-0.2, 0) is 9.59 Å². The standard InChI is InChI=1S/C17H24N4O2/c1-3-19-12-14(11-16(19)22)17(23)21-8-6-20(7-9-21)15-4-5-18-13(2)10-15/h4-5,10,14H,3,6-9,11-12H2,1-2H3/t14-/m1/s1. The van der Waals surface area contributed by atoms with Crippen molar-refractivity contribution in [1.82, 2.24) is 14.8 Å². The average molecular weight is 316 g/mol. The number of rotatable bonds is 3. The van der Waals surface area contributed by atoms with Crippen LogP contribution < -0.4 is 4.90 Å². The minimum absolute atomic E-state index is 0.108. The Balaban J connectivity index is 1.57. The molecule has 0 N–H and O–H groups in total. The summed E-state index contributed by atoms with van der Waals surface area (Å²) in [5.74, 6) is 0.0915. The van der Waals surface area contributed by atoms with Crippen LogP contribution in [0, 0.1) is 12.8 Å². The molecule has 2 aliphatic rings. The molecule has 6 heteroatoms. The minimum atomic E-state index is -0.155. The zero-order valence-corrected chi connectivity index (χ0v) is 13.9. The molecule has 0 saturated carbocycles. The molecule has 124 valence electrons. The molecule has 0 aliphatic carbocycles. The number of anilines is 1. The SMILES string of the molecule is CCN1C[C@H](C(=O)N2CCN(c3ccnc(C)c3)CC2)CC1=O. The lowest BCUT2D eigenvalue weighted by Crippen LogP contribution is -2.50. The Bertz CT molecular complexity index is 596. The Morgan fingerprint density at radius 2 is 2.04 bits per heavy atom. The van der Waals surface area contributed by atoms with Crippen LogP contribution in [0.4, 0.5) is 5.69 Å². The van der Waals surface area contributed by atoms with Gasteiger partial charge in [0.2, 0.25) is 11.8 Å². The third-order valence-corrected chi connectivity index (χ3v) is 4.78. The smallest absolute Gasteiger partial charge is 0.228 e. The van der Waals surface area contributed by atoms with Crippen molar-refractivity contribution in [2.75, 3.05) is 44.2 Å². The van der Waals surface area contributed by atoms with Crippen molar-refractivity contribution >= 4 is 17.5 Å². The molecular weight excluding hydrogens is 292 g/mol. The number of aromatic nitrogens is 1. The summed E-state index contributed by atoms with van der Waals surface area (Å²) in [6.45, 7) is 8.31. The van der Waals surface area contributed by atoms with E-state index in [-0.39, 0.29) is 17.7 Å². The lowest BCUT2D eigenvalue weighted by molar-refractivity contribution is -0.136. The van der Waals surface area contributed by atoms with E-state index in [1.165, 1.54) is 0 Å². The molecule has 1 aromatic heterocycles. The van der Waals surface area contributed by atoms with Gasteiger partial charge in [-0.05, 0) is 26.0 Å². The number of piperazine rings is 1. The van der Waals surface area contributed by atoms with Crippen LogP contribution in [0.25, 0.3) is 0 Å². The molecule has 0 bridgehead atoms. The van der Waals surface area contributed by atoms with Gasteiger partial charge in [0.1, 0.15) is 0 Å². The van der Waals surface area contributed by atoms with Crippen molar-refractivity contribution in [2.45, 2.75) is 20.3 Å². The third kappa shape index (κ3) is 3.30. The van der Waals surface area contributed by atoms with Gasteiger partial charge in [-0.25, -0.2) is 0 Å². The topological polar surface area (TPSA) is 56.8 Å². The lowest BCUT2D eigenvalue weighted by atomic mass is 10.1. The molecule has 6 nitrogen and oxygen atoms in total. The van der Waals surface area contributed by atoms with E-state index >= 15 is 0 Å². The molecule has 2 amide bonds. The summed E-state index contributed by atoms with van der Waals surface area (Å²) < 4.78 is 0. The van der Waals surface area contributed by atoms with Crippen LogP contribution in [0.5, 0.6) is 0 Å². The van der Waals surface area contributed by atoms with Crippen molar-refractivity contribution in [3.63, 3.8) is 0 Å². The van der Waals surface area contributed by atoms with E-state index in [9.17, 15) is 9.59 Å². The molecule has 2 fully saturated rings. The van der Waals surface area contributed by atoms with Crippen molar-refractivity contribution in [3.8, 4) is 0 Å². The van der Waals surface area contributed by atoms with Gasteiger partial charge in [-0.2, -0.15) is 0 Å².